The van der Waals surface area contributed by atoms with E-state index in [1.54, 1.807) is 14.2 Å². The Morgan fingerprint density at radius 2 is 1.47 bits per heavy atom. The first-order chi connectivity index (χ1) is 28.1. The predicted octanol–water partition coefficient (Wildman–Crippen LogP) is 4.36. The van der Waals surface area contributed by atoms with Crippen molar-refractivity contribution in [3.8, 4) is 11.5 Å². The van der Waals surface area contributed by atoms with Crippen LogP contribution in [0.1, 0.15) is 41.5 Å². The number of nitrogens with zero attached hydrogens (tertiary/aromatic N) is 1. The third-order valence-corrected chi connectivity index (χ3v) is 10.6. The van der Waals surface area contributed by atoms with Crippen LogP contribution in [-0.2, 0) is 45.4 Å². The van der Waals surface area contributed by atoms with Crippen LogP contribution in [0.2, 0.25) is 0 Å². The largest absolute Gasteiger partial charge is 0.497 e. The van der Waals surface area contributed by atoms with Crippen molar-refractivity contribution in [2.75, 3.05) is 54.2 Å². The molecule has 58 heavy (non-hydrogen) atoms. The van der Waals surface area contributed by atoms with E-state index < -0.39 is 41.6 Å². The average Bonchev–Trinajstić information content (AvgIpc) is 3.67. The summed E-state index contributed by atoms with van der Waals surface area (Å²) in [4.78, 5) is 52.9. The second-order valence-corrected chi connectivity index (χ2v) is 15.0. The Bertz CT molecular complexity index is 1920. The summed E-state index contributed by atoms with van der Waals surface area (Å²) < 4.78 is 30.3. The first-order valence-corrected chi connectivity index (χ1v) is 20.2. The zero-order valence-electron chi connectivity index (χ0n) is 33.0. The number of carbonyl (C=O) groups excluding carboxylic acids is 4. The fraction of sp³-hybridized carbons (Fsp3) is 0.364. The zero-order chi connectivity index (χ0) is 41.5. The number of nitrogens with one attached hydrogen (secondary N) is 2. The topological polar surface area (TPSA) is 168 Å². The molecule has 14 heteroatoms. The lowest BCUT2D eigenvalue weighted by Crippen LogP contribution is -2.52. The van der Waals surface area contributed by atoms with E-state index in [0.717, 1.165) is 37.3 Å². The summed E-state index contributed by atoms with van der Waals surface area (Å²) in [6, 6.07) is 31.3. The Morgan fingerprint density at radius 3 is 2.07 bits per heavy atom. The molecule has 3 amide bonds. The molecule has 4 N–H and O–H groups in total. The summed E-state index contributed by atoms with van der Waals surface area (Å²) in [5.74, 6) is -0.285. The maximum atomic E-state index is 13.7. The van der Waals surface area contributed by atoms with Gasteiger partial charge in [0.25, 0.3) is 0 Å². The van der Waals surface area contributed by atoms with Gasteiger partial charge in [0.15, 0.2) is 0 Å². The first kappa shape index (κ1) is 44.1. The minimum Gasteiger partial charge on any atom is -0.497 e. The number of nitrogens with two attached hydrogens (primary N) is 1. The summed E-state index contributed by atoms with van der Waals surface area (Å²) in [5.41, 5.74) is 8.99. The van der Waals surface area contributed by atoms with E-state index in [1.807, 2.05) is 103 Å². The van der Waals surface area contributed by atoms with Gasteiger partial charge in [-0.05, 0) is 87.7 Å². The third kappa shape index (κ3) is 11.6. The lowest BCUT2D eigenvalue weighted by atomic mass is 9.80. The smallest absolute Gasteiger partial charge is 0.306 e. The molecular formula is C44H51IN4O9. The zero-order valence-corrected chi connectivity index (χ0v) is 35.1. The van der Waals surface area contributed by atoms with E-state index in [-0.39, 0.29) is 64.5 Å². The maximum absolute atomic E-state index is 13.7. The number of amides is 3. The van der Waals surface area contributed by atoms with Gasteiger partial charge < -0.3 is 45.0 Å². The highest BCUT2D eigenvalue weighted by molar-refractivity contribution is 14.1. The summed E-state index contributed by atoms with van der Waals surface area (Å²) in [6.45, 7) is 0.748. The van der Waals surface area contributed by atoms with Crippen molar-refractivity contribution in [2.24, 2.45) is 5.73 Å². The van der Waals surface area contributed by atoms with E-state index >= 15 is 0 Å². The molecule has 1 heterocycles. The number of esters is 1. The normalized spacial score (nSPS) is 15.6. The van der Waals surface area contributed by atoms with Gasteiger partial charge in [-0.2, -0.15) is 0 Å². The van der Waals surface area contributed by atoms with Crippen LogP contribution < -0.4 is 25.8 Å². The van der Waals surface area contributed by atoms with Gasteiger partial charge in [-0.3, -0.25) is 19.2 Å². The minimum atomic E-state index is -1.00. The second-order valence-electron chi connectivity index (χ2n) is 13.7. The third-order valence-electron chi connectivity index (χ3n) is 9.91. The van der Waals surface area contributed by atoms with Gasteiger partial charge in [-0.25, -0.2) is 0 Å². The van der Waals surface area contributed by atoms with Crippen molar-refractivity contribution in [1.29, 1.82) is 0 Å². The van der Waals surface area contributed by atoms with Crippen LogP contribution in [0.5, 0.6) is 11.5 Å². The quantitative estimate of drug-likeness (QED) is 0.0502. The molecule has 1 aliphatic heterocycles. The highest BCUT2D eigenvalue weighted by atomic mass is 127. The van der Waals surface area contributed by atoms with Crippen LogP contribution in [0.4, 0.5) is 0 Å². The Hall–Kier alpha value is -5.03. The molecule has 1 saturated heterocycles. The number of methoxy groups -OCH3 is 2. The first-order valence-electron chi connectivity index (χ1n) is 19.1. The highest BCUT2D eigenvalue weighted by Gasteiger charge is 2.43. The SMILES string of the molecule is CNC(=O)CCC(=O)O[C@@H]1C[C@@H](C(=O)NCCOCCOC(c2ccccc2)(c2ccc(OC)cc2)c2ccc(OC)cc2)N(C(=O)[C@@H](N)Cc2cccc(I)c2)C1. The number of carbonyl (C=O) groups is 4. The molecule has 0 unspecified atom stereocenters. The van der Waals surface area contributed by atoms with Gasteiger partial charge in [0, 0.05) is 30.0 Å². The van der Waals surface area contributed by atoms with Crippen LogP contribution in [0.25, 0.3) is 0 Å². The molecule has 0 aromatic heterocycles. The van der Waals surface area contributed by atoms with Crippen LogP contribution in [0.15, 0.2) is 103 Å². The van der Waals surface area contributed by atoms with Gasteiger partial charge in [0.2, 0.25) is 17.7 Å². The molecule has 3 atom stereocenters. The summed E-state index contributed by atoms with van der Waals surface area (Å²) in [5, 5.41) is 5.35. The Morgan fingerprint density at radius 1 is 0.828 bits per heavy atom. The molecule has 1 aliphatic rings. The van der Waals surface area contributed by atoms with Crippen LogP contribution in [0.3, 0.4) is 0 Å². The van der Waals surface area contributed by atoms with Gasteiger partial charge in [-0.1, -0.05) is 66.7 Å². The Balaban J connectivity index is 1.22. The molecule has 13 nitrogen and oxygen atoms in total. The van der Waals surface area contributed by atoms with Gasteiger partial charge in [0.05, 0.1) is 53.0 Å². The predicted molar refractivity (Wildman–Crippen MR) is 226 cm³/mol. The Kier molecular flexibility index (Phi) is 16.5. The van der Waals surface area contributed by atoms with Gasteiger partial charge in [0.1, 0.15) is 29.2 Å². The number of benzene rings is 4. The van der Waals surface area contributed by atoms with Crippen molar-refractivity contribution < 1.29 is 42.9 Å². The number of hydrogen-bond donors (Lipinski definition) is 3. The molecule has 0 spiro atoms. The van der Waals surface area contributed by atoms with E-state index in [1.165, 1.54) is 11.9 Å². The molecule has 308 valence electrons. The van der Waals surface area contributed by atoms with Crippen molar-refractivity contribution in [1.82, 2.24) is 15.5 Å². The van der Waals surface area contributed by atoms with Crippen molar-refractivity contribution >= 4 is 46.3 Å². The molecule has 0 radical (unpaired) electrons. The lowest BCUT2D eigenvalue weighted by Gasteiger charge is -2.36. The molecule has 4 aromatic carbocycles. The van der Waals surface area contributed by atoms with Crippen molar-refractivity contribution in [3.05, 3.63) is 129 Å². The van der Waals surface area contributed by atoms with Gasteiger partial charge >= 0.3 is 5.97 Å². The lowest BCUT2D eigenvalue weighted by molar-refractivity contribution is -0.150. The highest BCUT2D eigenvalue weighted by Crippen LogP contribution is 2.41. The molecule has 5 rings (SSSR count). The average molecular weight is 907 g/mol. The summed E-state index contributed by atoms with van der Waals surface area (Å²) in [6.07, 6.45) is -0.532. The standard InChI is InChI=1S/C44H51IN4O9/c1-47-40(50)20-21-41(51)58-37-28-39(49(29-37)43(53)38(46)27-30-8-7-11-34(45)26-30)42(52)48-22-23-56-24-25-57-44(31-9-5-4-6-10-31,32-12-16-35(54-2)17-13-32)33-14-18-36(55-3)19-15-33/h4-19,26,37-39H,20-25,27-29,46H2,1-3H3,(H,47,50)(H,48,52)/t37-,38+,39+/m1/s1. The van der Waals surface area contributed by atoms with E-state index in [4.69, 9.17) is 29.4 Å². The molecule has 0 aliphatic carbocycles. The fourth-order valence-electron chi connectivity index (χ4n) is 6.97. The molecule has 4 aromatic rings. The number of hydrogen-bond acceptors (Lipinski definition) is 10. The van der Waals surface area contributed by atoms with Crippen LogP contribution in [-0.4, -0.2) is 101 Å². The monoisotopic (exact) mass is 906 g/mol. The molecular weight excluding hydrogens is 855 g/mol. The second kappa shape index (κ2) is 21.6. The molecule has 0 bridgehead atoms. The van der Waals surface area contributed by atoms with E-state index in [9.17, 15) is 19.2 Å². The number of likely N-dealkylation sites (tertiary alicyclic amines) is 1. The van der Waals surface area contributed by atoms with Crippen molar-refractivity contribution in [3.63, 3.8) is 0 Å². The summed E-state index contributed by atoms with van der Waals surface area (Å²) in [7, 11) is 4.73. The van der Waals surface area contributed by atoms with E-state index in [0.29, 0.717) is 0 Å². The number of ether oxygens (including phenoxy) is 5. The van der Waals surface area contributed by atoms with Crippen molar-refractivity contribution in [2.45, 2.75) is 49.5 Å². The van der Waals surface area contributed by atoms with E-state index in [2.05, 4.69) is 33.2 Å². The molecule has 0 saturated carbocycles. The van der Waals surface area contributed by atoms with Crippen LogP contribution in [0, 0.1) is 3.57 Å². The van der Waals surface area contributed by atoms with Crippen LogP contribution >= 0.6 is 22.6 Å². The number of halogens is 1. The minimum absolute atomic E-state index is 0.00204. The Labute approximate surface area is 353 Å². The number of rotatable bonds is 20. The van der Waals surface area contributed by atoms with Gasteiger partial charge in [-0.15, -0.1) is 0 Å². The maximum Gasteiger partial charge on any atom is 0.306 e. The molecule has 1 fully saturated rings. The fourth-order valence-corrected chi connectivity index (χ4v) is 7.58. The summed E-state index contributed by atoms with van der Waals surface area (Å²) >= 11 is 2.20.